The summed E-state index contributed by atoms with van der Waals surface area (Å²) in [7, 11) is 4.10. The van der Waals surface area contributed by atoms with Crippen LogP contribution in [0, 0.1) is 0 Å². The van der Waals surface area contributed by atoms with Crippen molar-refractivity contribution >= 4 is 22.6 Å². The van der Waals surface area contributed by atoms with E-state index in [-0.39, 0.29) is 0 Å². The molecule has 98 valence electrons. The van der Waals surface area contributed by atoms with Crippen LogP contribution in [0.5, 0.6) is 0 Å². The van der Waals surface area contributed by atoms with Crippen molar-refractivity contribution in [3.05, 3.63) is 0 Å². The van der Waals surface area contributed by atoms with Gasteiger partial charge in [0, 0.05) is 13.2 Å². The zero-order valence-corrected chi connectivity index (χ0v) is 12.9. The smallest absolute Gasteiger partial charge is 0.0701 e. The summed E-state index contributed by atoms with van der Waals surface area (Å²) in [6.07, 6.45) is 5.17. The Morgan fingerprint density at radius 1 is 0.812 bits per heavy atom. The van der Waals surface area contributed by atoms with Crippen LogP contribution in [0.2, 0.25) is 0 Å². The van der Waals surface area contributed by atoms with Gasteiger partial charge in [0.05, 0.1) is 19.8 Å². The van der Waals surface area contributed by atoms with Gasteiger partial charge in [0.15, 0.2) is 0 Å². The fourth-order valence-corrected chi connectivity index (χ4v) is 1.76. The second kappa shape index (κ2) is 13.7. The molecule has 0 N–H and O–H groups in total. The molecule has 0 aromatic rings. The zero-order chi connectivity index (χ0) is 12.1. The van der Waals surface area contributed by atoms with Crippen LogP contribution in [-0.4, -0.2) is 56.4 Å². The molecular formula is C12H26INO2. The molecule has 0 heterocycles. The van der Waals surface area contributed by atoms with Crippen LogP contribution >= 0.6 is 22.6 Å². The number of rotatable bonds is 12. The summed E-state index contributed by atoms with van der Waals surface area (Å²) in [5.74, 6) is 0. The van der Waals surface area contributed by atoms with Gasteiger partial charge in [-0.2, -0.15) is 0 Å². The number of unbranched alkanes of at least 4 members (excludes halogenated alkanes) is 3. The van der Waals surface area contributed by atoms with E-state index in [4.69, 9.17) is 9.47 Å². The fraction of sp³-hybridized carbons (Fsp3) is 1.00. The van der Waals surface area contributed by atoms with Crippen molar-refractivity contribution in [2.45, 2.75) is 25.7 Å². The number of halogens is 1. The molecule has 4 heteroatoms. The van der Waals surface area contributed by atoms with Gasteiger partial charge in [-0.3, -0.25) is 0 Å². The Labute approximate surface area is 114 Å². The topological polar surface area (TPSA) is 21.7 Å². The molecule has 0 radical (unpaired) electrons. The molecule has 0 bridgehead atoms. The molecule has 0 atom stereocenters. The summed E-state index contributed by atoms with van der Waals surface area (Å²) in [4.78, 5) is 2.12. The van der Waals surface area contributed by atoms with E-state index in [2.05, 4.69) is 41.6 Å². The molecule has 0 aromatic heterocycles. The third kappa shape index (κ3) is 14.6. The highest BCUT2D eigenvalue weighted by molar-refractivity contribution is 14.1. The molecule has 0 rings (SSSR count). The first kappa shape index (κ1) is 16.6. The first-order valence-corrected chi connectivity index (χ1v) is 7.66. The van der Waals surface area contributed by atoms with Crippen LogP contribution in [0.1, 0.15) is 25.7 Å². The predicted octanol–water partition coefficient (Wildman–Crippen LogP) is 2.58. The highest BCUT2D eigenvalue weighted by atomic mass is 127. The van der Waals surface area contributed by atoms with E-state index in [1.54, 1.807) is 0 Å². The molecule has 0 aliphatic rings. The van der Waals surface area contributed by atoms with Crippen LogP contribution in [0.25, 0.3) is 0 Å². The van der Waals surface area contributed by atoms with Crippen LogP contribution in [-0.2, 0) is 9.47 Å². The van der Waals surface area contributed by atoms with E-state index in [1.165, 1.54) is 30.1 Å². The molecule has 16 heavy (non-hydrogen) atoms. The van der Waals surface area contributed by atoms with Crippen LogP contribution in [0.15, 0.2) is 0 Å². The molecule has 0 aliphatic heterocycles. The van der Waals surface area contributed by atoms with Gasteiger partial charge in [-0.1, -0.05) is 35.4 Å². The quantitative estimate of drug-likeness (QED) is 0.309. The summed E-state index contributed by atoms with van der Waals surface area (Å²) in [5.41, 5.74) is 0. The Kier molecular flexibility index (Phi) is 14.2. The Morgan fingerprint density at radius 3 is 2.06 bits per heavy atom. The zero-order valence-electron chi connectivity index (χ0n) is 10.7. The lowest BCUT2D eigenvalue weighted by atomic mass is 10.2. The second-order valence-corrected chi connectivity index (χ2v) is 5.21. The van der Waals surface area contributed by atoms with Gasteiger partial charge in [-0.05, 0) is 31.4 Å². The lowest BCUT2D eigenvalue weighted by Gasteiger charge is -2.09. The van der Waals surface area contributed by atoms with Gasteiger partial charge < -0.3 is 14.4 Å². The summed E-state index contributed by atoms with van der Waals surface area (Å²) in [6, 6.07) is 0. The Hall–Kier alpha value is 0.610. The molecule has 0 amide bonds. The van der Waals surface area contributed by atoms with E-state index in [9.17, 15) is 0 Å². The van der Waals surface area contributed by atoms with E-state index < -0.39 is 0 Å². The first-order valence-electron chi connectivity index (χ1n) is 6.13. The van der Waals surface area contributed by atoms with Crippen molar-refractivity contribution in [3.63, 3.8) is 0 Å². The van der Waals surface area contributed by atoms with Gasteiger partial charge in [-0.25, -0.2) is 0 Å². The van der Waals surface area contributed by atoms with E-state index in [0.29, 0.717) is 0 Å². The molecule has 3 nitrogen and oxygen atoms in total. The number of hydrogen-bond acceptors (Lipinski definition) is 3. The van der Waals surface area contributed by atoms with E-state index in [0.717, 1.165) is 33.0 Å². The van der Waals surface area contributed by atoms with Gasteiger partial charge in [-0.15, -0.1) is 0 Å². The SMILES string of the molecule is CN(C)CCOCCOCCCCCCI. The minimum absolute atomic E-state index is 0.724. The maximum atomic E-state index is 5.48. The van der Waals surface area contributed by atoms with Crippen molar-refractivity contribution < 1.29 is 9.47 Å². The molecular weight excluding hydrogens is 317 g/mol. The van der Waals surface area contributed by atoms with Gasteiger partial charge in [0.1, 0.15) is 0 Å². The van der Waals surface area contributed by atoms with E-state index in [1.807, 2.05) is 0 Å². The lowest BCUT2D eigenvalue weighted by molar-refractivity contribution is 0.0414. The highest BCUT2D eigenvalue weighted by Crippen LogP contribution is 2.02. The maximum Gasteiger partial charge on any atom is 0.0701 e. The molecule has 0 unspecified atom stereocenters. The Balaban J connectivity index is 2.88. The van der Waals surface area contributed by atoms with Crippen LogP contribution in [0.3, 0.4) is 0 Å². The predicted molar refractivity (Wildman–Crippen MR) is 77.5 cm³/mol. The average Bonchev–Trinajstić information content (AvgIpc) is 2.25. The van der Waals surface area contributed by atoms with Crippen molar-refractivity contribution in [3.8, 4) is 0 Å². The van der Waals surface area contributed by atoms with Gasteiger partial charge in [0.25, 0.3) is 0 Å². The van der Waals surface area contributed by atoms with Crippen LogP contribution < -0.4 is 0 Å². The maximum absolute atomic E-state index is 5.48. The molecule has 0 aliphatic carbocycles. The summed E-state index contributed by atoms with van der Waals surface area (Å²) >= 11 is 2.43. The third-order valence-electron chi connectivity index (χ3n) is 2.23. The summed E-state index contributed by atoms with van der Waals surface area (Å²) < 4.78 is 12.2. The highest BCUT2D eigenvalue weighted by Gasteiger charge is 1.93. The number of alkyl halides is 1. The van der Waals surface area contributed by atoms with Crippen molar-refractivity contribution in [1.82, 2.24) is 4.90 Å². The number of ether oxygens (including phenoxy) is 2. The molecule has 0 fully saturated rings. The fourth-order valence-electron chi connectivity index (χ4n) is 1.22. The van der Waals surface area contributed by atoms with Crippen molar-refractivity contribution in [2.75, 3.05) is 51.5 Å². The minimum Gasteiger partial charge on any atom is -0.379 e. The average molecular weight is 343 g/mol. The molecule has 0 spiro atoms. The van der Waals surface area contributed by atoms with Crippen molar-refractivity contribution in [1.29, 1.82) is 0 Å². The third-order valence-corrected chi connectivity index (χ3v) is 2.99. The first-order chi connectivity index (χ1) is 7.77. The normalized spacial score (nSPS) is 11.2. The van der Waals surface area contributed by atoms with Gasteiger partial charge in [0.2, 0.25) is 0 Å². The van der Waals surface area contributed by atoms with Crippen molar-refractivity contribution in [2.24, 2.45) is 0 Å². The number of nitrogens with zero attached hydrogens (tertiary/aromatic N) is 1. The monoisotopic (exact) mass is 343 g/mol. The number of hydrogen-bond donors (Lipinski definition) is 0. The standard InChI is InChI=1S/C12H26INO2/c1-14(2)8-10-16-12-11-15-9-6-4-3-5-7-13/h3-12H2,1-2H3. The Morgan fingerprint density at radius 2 is 1.44 bits per heavy atom. The lowest BCUT2D eigenvalue weighted by Crippen LogP contribution is -2.19. The molecule has 0 aromatic carbocycles. The second-order valence-electron chi connectivity index (χ2n) is 4.13. The molecule has 0 saturated carbocycles. The minimum atomic E-state index is 0.724. The number of likely N-dealkylation sites (N-methyl/N-ethyl adjacent to an activating group) is 1. The van der Waals surface area contributed by atoms with Gasteiger partial charge >= 0.3 is 0 Å². The molecule has 0 saturated heterocycles. The Bertz CT molecular complexity index is 134. The summed E-state index contributed by atoms with van der Waals surface area (Å²) in [5, 5.41) is 0. The largest absolute Gasteiger partial charge is 0.379 e. The summed E-state index contributed by atoms with van der Waals surface area (Å²) in [6.45, 7) is 4.13. The van der Waals surface area contributed by atoms with E-state index >= 15 is 0 Å². The van der Waals surface area contributed by atoms with Crippen LogP contribution in [0.4, 0.5) is 0 Å².